The van der Waals surface area contributed by atoms with E-state index in [9.17, 15) is 13.2 Å². The van der Waals surface area contributed by atoms with Crippen molar-refractivity contribution in [1.29, 1.82) is 0 Å². The predicted molar refractivity (Wildman–Crippen MR) is 113 cm³/mol. The van der Waals surface area contributed by atoms with Crippen LogP contribution in [0.1, 0.15) is 73.9 Å². The lowest BCUT2D eigenvalue weighted by molar-refractivity contribution is 0.140. The Hall–Kier alpha value is -2.59. The highest BCUT2D eigenvalue weighted by Gasteiger charge is 2.34. The molecule has 2 aromatic rings. The maximum atomic E-state index is 14.9. The quantitative estimate of drug-likeness (QED) is 0.480. The van der Waals surface area contributed by atoms with Crippen molar-refractivity contribution in [3.8, 4) is 11.3 Å². The molecule has 1 aliphatic carbocycles. The van der Waals surface area contributed by atoms with E-state index < -0.39 is 17.9 Å². The number of nitrogens with zero attached hydrogens (tertiary/aromatic N) is 2. The van der Waals surface area contributed by atoms with Crippen LogP contribution in [0.15, 0.2) is 36.8 Å². The van der Waals surface area contributed by atoms with Gasteiger partial charge in [-0.2, -0.15) is 0 Å². The van der Waals surface area contributed by atoms with Crippen LogP contribution >= 0.6 is 0 Å². The summed E-state index contributed by atoms with van der Waals surface area (Å²) < 4.78 is 41.4. The third-order valence-corrected chi connectivity index (χ3v) is 5.97. The normalized spacial score (nSPS) is 15.6. The van der Waals surface area contributed by atoms with E-state index in [1.165, 1.54) is 12.3 Å². The number of rotatable bonds is 9. The molecule has 0 spiro atoms. The fourth-order valence-electron chi connectivity index (χ4n) is 3.90. The second kappa shape index (κ2) is 9.48. The zero-order valence-corrected chi connectivity index (χ0v) is 17.7. The summed E-state index contributed by atoms with van der Waals surface area (Å²) in [7, 11) is 0. The molecule has 3 rings (SSSR count). The van der Waals surface area contributed by atoms with Crippen molar-refractivity contribution >= 4 is 0 Å². The van der Waals surface area contributed by atoms with Crippen LogP contribution in [-0.4, -0.2) is 16.5 Å². The van der Waals surface area contributed by atoms with E-state index in [1.54, 1.807) is 6.20 Å². The molecule has 3 nitrogen and oxygen atoms in total. The smallest absolute Gasteiger partial charge is 0.283 e. The van der Waals surface area contributed by atoms with Crippen LogP contribution in [0.4, 0.5) is 13.2 Å². The topological polar surface area (TPSA) is 37.8 Å². The van der Waals surface area contributed by atoms with Crippen LogP contribution < -0.4 is 5.32 Å². The first-order valence-electron chi connectivity index (χ1n) is 10.4. The van der Waals surface area contributed by atoms with Gasteiger partial charge in [-0.25, -0.2) is 13.2 Å². The standard InChI is InChI=1S/C24H28F3N3/c1-5-10-28-13-19(16-7-8-16)20-12-18(14(3)6-2)15(4)22(30-20)17-9-11-29-23(21(17)25)24(26)27/h9-12,14,16,19,24,28H,1,6-8,13H2,2-4H3. The van der Waals surface area contributed by atoms with Gasteiger partial charge in [0.05, 0.1) is 5.69 Å². The van der Waals surface area contributed by atoms with Gasteiger partial charge >= 0.3 is 0 Å². The third-order valence-electron chi connectivity index (χ3n) is 5.97. The van der Waals surface area contributed by atoms with Gasteiger partial charge in [-0.3, -0.25) is 9.97 Å². The van der Waals surface area contributed by atoms with E-state index in [0.29, 0.717) is 18.2 Å². The van der Waals surface area contributed by atoms with Crippen LogP contribution in [0, 0.1) is 18.7 Å². The molecule has 160 valence electrons. The highest BCUT2D eigenvalue weighted by atomic mass is 19.3. The average Bonchev–Trinajstić information content (AvgIpc) is 3.56. The highest BCUT2D eigenvalue weighted by molar-refractivity contribution is 5.66. The fraction of sp³-hybridized carbons (Fsp3) is 0.458. The van der Waals surface area contributed by atoms with E-state index in [2.05, 4.69) is 42.5 Å². The molecule has 0 amide bonds. The monoisotopic (exact) mass is 415 g/mol. The number of nitrogens with one attached hydrogen (secondary N) is 1. The molecule has 0 radical (unpaired) electrons. The van der Waals surface area contributed by atoms with Crippen molar-refractivity contribution in [2.24, 2.45) is 5.92 Å². The van der Waals surface area contributed by atoms with Crippen LogP contribution in [0.3, 0.4) is 0 Å². The van der Waals surface area contributed by atoms with Gasteiger partial charge in [0, 0.05) is 36.1 Å². The van der Waals surface area contributed by atoms with Crippen molar-refractivity contribution in [3.05, 3.63) is 65.2 Å². The SMILES string of the molecule is C=C=CNCC(c1cc(C(C)CC)c(C)c(-c2ccnc(C(F)F)c2F)n1)C1CC1. The van der Waals surface area contributed by atoms with Gasteiger partial charge in [-0.1, -0.05) is 20.4 Å². The van der Waals surface area contributed by atoms with Gasteiger partial charge in [-0.05, 0) is 61.3 Å². The zero-order chi connectivity index (χ0) is 21.8. The lowest BCUT2D eigenvalue weighted by Gasteiger charge is -2.22. The summed E-state index contributed by atoms with van der Waals surface area (Å²) in [5.74, 6) is -0.101. The second-order valence-corrected chi connectivity index (χ2v) is 7.98. The summed E-state index contributed by atoms with van der Waals surface area (Å²) >= 11 is 0. The first-order valence-corrected chi connectivity index (χ1v) is 10.4. The lowest BCUT2D eigenvalue weighted by atomic mass is 9.88. The molecule has 6 heteroatoms. The zero-order valence-electron chi connectivity index (χ0n) is 17.7. The third kappa shape index (κ3) is 4.59. The summed E-state index contributed by atoms with van der Waals surface area (Å²) in [6.07, 6.45) is 3.08. The summed E-state index contributed by atoms with van der Waals surface area (Å²) in [4.78, 5) is 8.35. The minimum atomic E-state index is -2.98. The minimum Gasteiger partial charge on any atom is -0.384 e. The molecule has 0 saturated heterocycles. The van der Waals surface area contributed by atoms with E-state index in [0.717, 1.165) is 36.1 Å². The van der Waals surface area contributed by atoms with Gasteiger partial charge in [0.15, 0.2) is 5.82 Å². The molecule has 1 fully saturated rings. The lowest BCUT2D eigenvalue weighted by Crippen LogP contribution is -2.20. The molecule has 0 bridgehead atoms. The maximum absolute atomic E-state index is 14.9. The van der Waals surface area contributed by atoms with E-state index >= 15 is 0 Å². The van der Waals surface area contributed by atoms with Gasteiger partial charge in [0.2, 0.25) is 0 Å². The van der Waals surface area contributed by atoms with Crippen LogP contribution in [0.25, 0.3) is 11.3 Å². The van der Waals surface area contributed by atoms with Crippen molar-refractivity contribution in [3.63, 3.8) is 0 Å². The van der Waals surface area contributed by atoms with E-state index in [1.807, 2.05) is 6.92 Å². The summed E-state index contributed by atoms with van der Waals surface area (Å²) in [6.45, 7) is 10.3. The summed E-state index contributed by atoms with van der Waals surface area (Å²) in [5.41, 5.74) is 5.16. The minimum absolute atomic E-state index is 0.0812. The molecule has 1 aliphatic rings. The Labute approximate surface area is 176 Å². The Morgan fingerprint density at radius 2 is 2.10 bits per heavy atom. The number of alkyl halides is 2. The number of hydrogen-bond donors (Lipinski definition) is 1. The Morgan fingerprint density at radius 1 is 1.37 bits per heavy atom. The highest BCUT2D eigenvalue weighted by Crippen LogP contribution is 2.44. The molecular formula is C24H28F3N3. The number of pyridine rings is 2. The molecular weight excluding hydrogens is 387 g/mol. The van der Waals surface area contributed by atoms with Crippen molar-refractivity contribution < 1.29 is 13.2 Å². The number of hydrogen-bond acceptors (Lipinski definition) is 3. The van der Waals surface area contributed by atoms with Crippen LogP contribution in [0.5, 0.6) is 0 Å². The molecule has 30 heavy (non-hydrogen) atoms. The van der Waals surface area contributed by atoms with Gasteiger partial charge in [0.1, 0.15) is 5.69 Å². The second-order valence-electron chi connectivity index (χ2n) is 7.98. The summed E-state index contributed by atoms with van der Waals surface area (Å²) in [6, 6.07) is 3.55. The predicted octanol–water partition coefficient (Wildman–Crippen LogP) is 6.42. The Balaban J connectivity index is 2.17. The van der Waals surface area contributed by atoms with Gasteiger partial charge in [-0.15, -0.1) is 5.73 Å². The van der Waals surface area contributed by atoms with E-state index in [4.69, 9.17) is 4.98 Å². The van der Waals surface area contributed by atoms with Crippen LogP contribution in [0.2, 0.25) is 0 Å². The van der Waals surface area contributed by atoms with Crippen molar-refractivity contribution in [2.45, 2.75) is 58.3 Å². The molecule has 1 N–H and O–H groups in total. The van der Waals surface area contributed by atoms with Gasteiger partial charge in [0.25, 0.3) is 6.43 Å². The Bertz CT molecular complexity index is 947. The number of aromatic nitrogens is 2. The number of halogens is 3. The molecule has 2 heterocycles. The summed E-state index contributed by atoms with van der Waals surface area (Å²) in [5, 5.41) is 3.21. The Kier molecular flexibility index (Phi) is 6.99. The van der Waals surface area contributed by atoms with Crippen LogP contribution in [-0.2, 0) is 0 Å². The van der Waals surface area contributed by atoms with Gasteiger partial charge < -0.3 is 5.32 Å². The molecule has 2 aromatic heterocycles. The molecule has 0 aromatic carbocycles. The molecule has 2 unspecified atom stereocenters. The van der Waals surface area contributed by atoms with Crippen molar-refractivity contribution in [1.82, 2.24) is 15.3 Å². The van der Waals surface area contributed by atoms with E-state index in [-0.39, 0.29) is 17.4 Å². The average molecular weight is 416 g/mol. The molecule has 0 aliphatic heterocycles. The first kappa shape index (κ1) is 22.1. The fourth-order valence-corrected chi connectivity index (χ4v) is 3.90. The maximum Gasteiger partial charge on any atom is 0.283 e. The Morgan fingerprint density at radius 3 is 2.70 bits per heavy atom. The molecule has 2 atom stereocenters. The molecule has 1 saturated carbocycles. The largest absolute Gasteiger partial charge is 0.384 e. The van der Waals surface area contributed by atoms with Crippen molar-refractivity contribution in [2.75, 3.05) is 6.54 Å². The first-order chi connectivity index (χ1) is 14.4.